The molecule has 0 radical (unpaired) electrons. The van der Waals surface area contributed by atoms with Crippen molar-refractivity contribution in [2.45, 2.75) is 53.5 Å². The van der Waals surface area contributed by atoms with Crippen LogP contribution in [0.1, 0.15) is 47.5 Å². The van der Waals surface area contributed by atoms with E-state index in [1.54, 1.807) is 0 Å². The first-order chi connectivity index (χ1) is 6.87. The van der Waals surface area contributed by atoms with E-state index in [0.29, 0.717) is 11.5 Å². The summed E-state index contributed by atoms with van der Waals surface area (Å²) in [5.41, 5.74) is 0.407. The highest BCUT2D eigenvalue weighted by Crippen LogP contribution is 2.16. The van der Waals surface area contributed by atoms with Crippen molar-refractivity contribution >= 4 is 0 Å². The van der Waals surface area contributed by atoms with Gasteiger partial charge in [-0.25, -0.2) is 0 Å². The van der Waals surface area contributed by atoms with Crippen LogP contribution in [0.2, 0.25) is 0 Å². The van der Waals surface area contributed by atoms with Gasteiger partial charge in [-0.3, -0.25) is 0 Å². The summed E-state index contributed by atoms with van der Waals surface area (Å²) in [5.74, 6) is 0. The van der Waals surface area contributed by atoms with E-state index in [1.807, 2.05) is 0 Å². The average Bonchev–Trinajstić information content (AvgIpc) is 2.09. The first-order valence-corrected chi connectivity index (χ1v) is 6.28. The molecule has 92 valence electrons. The van der Waals surface area contributed by atoms with Crippen molar-refractivity contribution in [3.63, 3.8) is 0 Å². The standard InChI is InChI=1S/C13H30N2/c1-7-14-10-8-9-12(2)15(6)11-13(3,4)5/h12,14H,7-11H2,1-6H3. The molecule has 0 aliphatic heterocycles. The van der Waals surface area contributed by atoms with Gasteiger partial charge in [-0.15, -0.1) is 0 Å². The van der Waals surface area contributed by atoms with Crippen molar-refractivity contribution < 1.29 is 0 Å². The third kappa shape index (κ3) is 8.88. The highest BCUT2D eigenvalue weighted by atomic mass is 15.1. The Bertz CT molecular complexity index is 149. The number of nitrogens with one attached hydrogen (secondary N) is 1. The van der Waals surface area contributed by atoms with Crippen LogP contribution in [0, 0.1) is 5.41 Å². The number of hydrogen-bond acceptors (Lipinski definition) is 2. The van der Waals surface area contributed by atoms with Gasteiger partial charge in [-0.1, -0.05) is 27.7 Å². The normalized spacial score (nSPS) is 14.6. The zero-order chi connectivity index (χ0) is 11.9. The van der Waals surface area contributed by atoms with Gasteiger partial charge in [0.2, 0.25) is 0 Å². The molecule has 0 saturated carbocycles. The number of hydrogen-bond donors (Lipinski definition) is 1. The van der Waals surface area contributed by atoms with Gasteiger partial charge in [0, 0.05) is 12.6 Å². The highest BCUT2D eigenvalue weighted by Gasteiger charge is 2.16. The van der Waals surface area contributed by atoms with Crippen LogP contribution in [0.25, 0.3) is 0 Å². The fraction of sp³-hybridized carbons (Fsp3) is 1.00. The first-order valence-electron chi connectivity index (χ1n) is 6.28. The zero-order valence-corrected chi connectivity index (χ0v) is 11.6. The monoisotopic (exact) mass is 214 g/mol. The van der Waals surface area contributed by atoms with Gasteiger partial charge >= 0.3 is 0 Å². The van der Waals surface area contributed by atoms with Gasteiger partial charge in [-0.2, -0.15) is 0 Å². The molecule has 0 fully saturated rings. The lowest BCUT2D eigenvalue weighted by atomic mass is 9.95. The van der Waals surface area contributed by atoms with E-state index in [2.05, 4.69) is 51.9 Å². The van der Waals surface area contributed by atoms with E-state index in [0.717, 1.165) is 13.1 Å². The maximum absolute atomic E-state index is 3.37. The third-order valence-corrected chi connectivity index (χ3v) is 2.70. The fourth-order valence-corrected chi connectivity index (χ4v) is 1.82. The Morgan fingerprint density at radius 2 is 1.87 bits per heavy atom. The molecule has 0 aromatic carbocycles. The molecule has 0 aromatic rings. The smallest absolute Gasteiger partial charge is 0.00645 e. The molecule has 0 heterocycles. The van der Waals surface area contributed by atoms with Crippen LogP contribution in [0.5, 0.6) is 0 Å². The third-order valence-electron chi connectivity index (χ3n) is 2.70. The summed E-state index contributed by atoms with van der Waals surface area (Å²) in [7, 11) is 2.24. The first kappa shape index (κ1) is 14.9. The molecule has 0 bridgehead atoms. The van der Waals surface area contributed by atoms with Gasteiger partial charge in [0.25, 0.3) is 0 Å². The molecule has 0 spiro atoms. The average molecular weight is 214 g/mol. The molecule has 0 aromatic heterocycles. The minimum Gasteiger partial charge on any atom is -0.317 e. The SMILES string of the molecule is CCNCCCC(C)N(C)CC(C)(C)C. The highest BCUT2D eigenvalue weighted by molar-refractivity contribution is 4.71. The molecule has 1 N–H and O–H groups in total. The fourth-order valence-electron chi connectivity index (χ4n) is 1.82. The van der Waals surface area contributed by atoms with E-state index >= 15 is 0 Å². The lowest BCUT2D eigenvalue weighted by Crippen LogP contribution is -2.36. The van der Waals surface area contributed by atoms with Crippen LogP contribution >= 0.6 is 0 Å². The minimum absolute atomic E-state index is 0.407. The maximum Gasteiger partial charge on any atom is 0.00645 e. The predicted molar refractivity (Wildman–Crippen MR) is 69.3 cm³/mol. The molecule has 15 heavy (non-hydrogen) atoms. The summed E-state index contributed by atoms with van der Waals surface area (Å²) in [5, 5.41) is 3.37. The Hall–Kier alpha value is -0.0800. The van der Waals surface area contributed by atoms with Gasteiger partial charge in [-0.05, 0) is 45.3 Å². The van der Waals surface area contributed by atoms with E-state index in [1.165, 1.54) is 19.4 Å². The topological polar surface area (TPSA) is 15.3 Å². The Morgan fingerprint density at radius 3 is 2.33 bits per heavy atom. The summed E-state index contributed by atoms with van der Waals surface area (Å²) in [6, 6.07) is 0.697. The Labute approximate surface area is 96.4 Å². The molecule has 0 amide bonds. The summed E-state index contributed by atoms with van der Waals surface area (Å²) in [6.07, 6.45) is 2.57. The molecule has 2 heteroatoms. The van der Waals surface area contributed by atoms with Crippen molar-refractivity contribution in [3.05, 3.63) is 0 Å². The summed E-state index contributed by atoms with van der Waals surface area (Å²) < 4.78 is 0. The number of rotatable bonds is 7. The Balaban J connectivity index is 3.65. The van der Waals surface area contributed by atoms with Gasteiger partial charge in [0.15, 0.2) is 0 Å². The lowest BCUT2D eigenvalue weighted by molar-refractivity contribution is 0.173. The van der Waals surface area contributed by atoms with Crippen molar-refractivity contribution in [1.82, 2.24) is 10.2 Å². The predicted octanol–water partition coefficient (Wildman–Crippen LogP) is 2.74. The van der Waals surface area contributed by atoms with Gasteiger partial charge < -0.3 is 10.2 Å². The summed E-state index contributed by atoms with van der Waals surface area (Å²) >= 11 is 0. The molecule has 1 atom stereocenters. The largest absolute Gasteiger partial charge is 0.317 e. The second-order valence-electron chi connectivity index (χ2n) is 5.82. The van der Waals surface area contributed by atoms with E-state index < -0.39 is 0 Å². The van der Waals surface area contributed by atoms with Crippen LogP contribution in [0.3, 0.4) is 0 Å². The molecule has 2 nitrogen and oxygen atoms in total. The Kier molecular flexibility index (Phi) is 7.20. The van der Waals surface area contributed by atoms with Crippen LogP contribution < -0.4 is 5.32 Å². The summed E-state index contributed by atoms with van der Waals surface area (Å²) in [4.78, 5) is 2.48. The van der Waals surface area contributed by atoms with E-state index in [4.69, 9.17) is 0 Å². The quantitative estimate of drug-likeness (QED) is 0.656. The zero-order valence-electron chi connectivity index (χ0n) is 11.6. The van der Waals surface area contributed by atoms with E-state index in [-0.39, 0.29) is 0 Å². The van der Waals surface area contributed by atoms with Crippen molar-refractivity contribution in [2.24, 2.45) is 5.41 Å². The molecular weight excluding hydrogens is 184 g/mol. The van der Waals surface area contributed by atoms with Crippen molar-refractivity contribution in [3.8, 4) is 0 Å². The van der Waals surface area contributed by atoms with Crippen molar-refractivity contribution in [1.29, 1.82) is 0 Å². The molecule has 0 aliphatic rings. The second kappa shape index (κ2) is 7.24. The molecule has 1 unspecified atom stereocenters. The van der Waals surface area contributed by atoms with Crippen LogP contribution in [0.4, 0.5) is 0 Å². The van der Waals surface area contributed by atoms with Gasteiger partial charge in [0.1, 0.15) is 0 Å². The van der Waals surface area contributed by atoms with Gasteiger partial charge in [0.05, 0.1) is 0 Å². The summed E-state index contributed by atoms with van der Waals surface area (Å²) in [6.45, 7) is 14.8. The second-order valence-corrected chi connectivity index (χ2v) is 5.82. The lowest BCUT2D eigenvalue weighted by Gasteiger charge is -2.31. The van der Waals surface area contributed by atoms with Crippen molar-refractivity contribution in [2.75, 3.05) is 26.7 Å². The van der Waals surface area contributed by atoms with E-state index in [9.17, 15) is 0 Å². The molecule has 0 saturated heterocycles. The molecular formula is C13H30N2. The van der Waals surface area contributed by atoms with Crippen LogP contribution in [-0.4, -0.2) is 37.6 Å². The number of nitrogens with zero attached hydrogens (tertiary/aromatic N) is 1. The minimum atomic E-state index is 0.407. The van der Waals surface area contributed by atoms with Crippen LogP contribution in [0.15, 0.2) is 0 Å². The maximum atomic E-state index is 3.37. The van der Waals surface area contributed by atoms with Crippen LogP contribution in [-0.2, 0) is 0 Å². The molecule has 0 rings (SSSR count). The molecule has 0 aliphatic carbocycles. The Morgan fingerprint density at radius 1 is 1.27 bits per heavy atom.